The van der Waals surface area contributed by atoms with Crippen molar-refractivity contribution in [1.82, 2.24) is 24.4 Å². The first-order chi connectivity index (χ1) is 15.9. The van der Waals surface area contributed by atoms with Gasteiger partial charge in [-0.3, -0.25) is 14.5 Å². The van der Waals surface area contributed by atoms with Crippen molar-refractivity contribution in [3.8, 4) is 11.1 Å². The standard InChI is InChI=1S/C24H30FN5O3S/c1-15(2)19-10-18(25)11-20(17-8-7-9-26-14-17)21(19)12-23(31)28-34(32,33)24-13-22(30(6)27-24)16(3)29(4)5/h7-11,13-16H,12H2,1-6H3,(H,28,31). The molecule has 3 aromatic rings. The third-order valence-corrected chi connectivity index (χ3v) is 7.05. The first kappa shape index (κ1) is 25.5. The number of nitrogens with zero attached hydrogens (tertiary/aromatic N) is 4. The number of aromatic nitrogens is 3. The second kappa shape index (κ2) is 10.0. The highest BCUT2D eigenvalue weighted by Crippen LogP contribution is 2.32. The lowest BCUT2D eigenvalue weighted by Crippen LogP contribution is -2.32. The van der Waals surface area contributed by atoms with Gasteiger partial charge in [0.05, 0.1) is 12.1 Å². The normalized spacial score (nSPS) is 12.9. The summed E-state index contributed by atoms with van der Waals surface area (Å²) in [5.41, 5.74) is 3.02. The molecule has 1 unspecified atom stereocenters. The first-order valence-corrected chi connectivity index (χ1v) is 12.4. The van der Waals surface area contributed by atoms with Gasteiger partial charge in [0.15, 0.2) is 5.03 Å². The van der Waals surface area contributed by atoms with Crippen LogP contribution in [-0.4, -0.2) is 48.1 Å². The quantitative estimate of drug-likeness (QED) is 0.523. The molecule has 2 heterocycles. The zero-order valence-corrected chi connectivity index (χ0v) is 21.0. The highest BCUT2D eigenvalue weighted by molar-refractivity contribution is 7.90. The topological polar surface area (TPSA) is 97.2 Å². The van der Waals surface area contributed by atoms with Crippen molar-refractivity contribution >= 4 is 15.9 Å². The van der Waals surface area contributed by atoms with E-state index in [2.05, 4.69) is 14.8 Å². The summed E-state index contributed by atoms with van der Waals surface area (Å²) in [5.74, 6) is -1.25. The number of rotatable bonds is 8. The van der Waals surface area contributed by atoms with Gasteiger partial charge in [-0.15, -0.1) is 0 Å². The minimum absolute atomic E-state index is 0.0768. The first-order valence-electron chi connectivity index (χ1n) is 10.9. The maximum Gasteiger partial charge on any atom is 0.283 e. The SMILES string of the molecule is CC(C)c1cc(F)cc(-c2cccnc2)c1CC(=O)NS(=O)(=O)c1cc(C(C)N(C)C)n(C)n1. The Morgan fingerprint density at radius 3 is 2.50 bits per heavy atom. The van der Waals surface area contributed by atoms with E-state index in [-0.39, 0.29) is 23.4 Å². The molecule has 0 radical (unpaired) electrons. The van der Waals surface area contributed by atoms with Crippen LogP contribution in [0.3, 0.4) is 0 Å². The minimum Gasteiger partial charge on any atom is -0.301 e. The third kappa shape index (κ3) is 5.51. The van der Waals surface area contributed by atoms with E-state index in [1.807, 2.05) is 39.8 Å². The van der Waals surface area contributed by atoms with E-state index in [9.17, 15) is 17.6 Å². The van der Waals surface area contributed by atoms with Gasteiger partial charge < -0.3 is 4.90 Å². The minimum atomic E-state index is -4.20. The number of carbonyl (C=O) groups is 1. The number of carbonyl (C=O) groups excluding carboxylic acids is 1. The number of aryl methyl sites for hydroxylation is 1. The number of hydrogen-bond donors (Lipinski definition) is 1. The molecule has 0 aliphatic heterocycles. The molecule has 10 heteroatoms. The van der Waals surface area contributed by atoms with Crippen molar-refractivity contribution in [3.05, 3.63) is 65.4 Å². The summed E-state index contributed by atoms with van der Waals surface area (Å²) < 4.78 is 43.9. The van der Waals surface area contributed by atoms with E-state index in [4.69, 9.17) is 0 Å². The number of sulfonamides is 1. The van der Waals surface area contributed by atoms with Crippen molar-refractivity contribution in [2.45, 2.75) is 44.2 Å². The molecule has 1 N–H and O–H groups in total. The van der Waals surface area contributed by atoms with E-state index in [0.717, 1.165) is 0 Å². The average Bonchev–Trinajstić information content (AvgIpc) is 3.16. The van der Waals surface area contributed by atoms with Crippen LogP contribution in [-0.2, 0) is 28.3 Å². The Balaban J connectivity index is 1.94. The van der Waals surface area contributed by atoms with E-state index in [0.29, 0.717) is 27.9 Å². The molecule has 1 atom stereocenters. The van der Waals surface area contributed by atoms with Crippen LogP contribution in [0.5, 0.6) is 0 Å². The van der Waals surface area contributed by atoms with Crippen LogP contribution in [0.15, 0.2) is 47.8 Å². The number of halogens is 1. The van der Waals surface area contributed by atoms with Crippen LogP contribution in [0, 0.1) is 5.82 Å². The van der Waals surface area contributed by atoms with Crippen LogP contribution in [0.25, 0.3) is 11.1 Å². The maximum absolute atomic E-state index is 14.4. The van der Waals surface area contributed by atoms with Gasteiger partial charge in [-0.2, -0.15) is 13.5 Å². The van der Waals surface area contributed by atoms with Crippen molar-refractivity contribution in [2.24, 2.45) is 7.05 Å². The molecule has 0 saturated heterocycles. The molecule has 0 aliphatic rings. The third-order valence-electron chi connectivity index (χ3n) is 5.80. The van der Waals surface area contributed by atoms with Crippen LogP contribution in [0.2, 0.25) is 0 Å². The smallest absolute Gasteiger partial charge is 0.283 e. The van der Waals surface area contributed by atoms with E-state index < -0.39 is 21.7 Å². The van der Waals surface area contributed by atoms with Gasteiger partial charge in [-0.05, 0) is 61.8 Å². The van der Waals surface area contributed by atoms with Gasteiger partial charge >= 0.3 is 0 Å². The predicted octanol–water partition coefficient (Wildman–Crippen LogP) is 3.41. The lowest BCUT2D eigenvalue weighted by molar-refractivity contribution is -0.118. The van der Waals surface area contributed by atoms with Gasteiger partial charge in [-0.25, -0.2) is 9.11 Å². The average molecular weight is 488 g/mol. The van der Waals surface area contributed by atoms with Crippen molar-refractivity contribution in [3.63, 3.8) is 0 Å². The monoisotopic (exact) mass is 487 g/mol. The molecular formula is C24H30FN5O3S. The summed E-state index contributed by atoms with van der Waals surface area (Å²) in [6, 6.07) is 7.59. The molecule has 182 valence electrons. The molecule has 0 aliphatic carbocycles. The highest BCUT2D eigenvalue weighted by Gasteiger charge is 2.26. The highest BCUT2D eigenvalue weighted by atomic mass is 32.2. The molecule has 0 fully saturated rings. The van der Waals surface area contributed by atoms with Crippen LogP contribution in [0.1, 0.15) is 49.6 Å². The zero-order valence-electron chi connectivity index (χ0n) is 20.2. The number of benzene rings is 1. The van der Waals surface area contributed by atoms with E-state index >= 15 is 0 Å². The van der Waals surface area contributed by atoms with Crippen molar-refractivity contribution in [1.29, 1.82) is 0 Å². The molecule has 3 rings (SSSR count). The second-order valence-electron chi connectivity index (χ2n) is 8.79. The molecule has 8 nitrogen and oxygen atoms in total. The van der Waals surface area contributed by atoms with E-state index in [1.165, 1.54) is 22.9 Å². The largest absolute Gasteiger partial charge is 0.301 e. The fourth-order valence-electron chi connectivity index (χ4n) is 3.79. The maximum atomic E-state index is 14.4. The van der Waals surface area contributed by atoms with Gasteiger partial charge in [0, 0.05) is 37.1 Å². The van der Waals surface area contributed by atoms with Gasteiger partial charge in [0.25, 0.3) is 10.0 Å². The van der Waals surface area contributed by atoms with E-state index in [1.54, 1.807) is 31.6 Å². The summed E-state index contributed by atoms with van der Waals surface area (Å²) in [4.78, 5) is 18.9. The Bertz CT molecular complexity index is 1290. The molecule has 0 saturated carbocycles. The Morgan fingerprint density at radius 1 is 1.21 bits per heavy atom. The summed E-state index contributed by atoms with van der Waals surface area (Å²) in [6.07, 6.45) is 2.94. The van der Waals surface area contributed by atoms with Gasteiger partial charge in [0.1, 0.15) is 5.82 Å². The Labute approximate surface area is 199 Å². The summed E-state index contributed by atoms with van der Waals surface area (Å²) >= 11 is 0. The van der Waals surface area contributed by atoms with Crippen molar-refractivity contribution in [2.75, 3.05) is 14.1 Å². The molecule has 2 aromatic heterocycles. The molecule has 1 aromatic carbocycles. The number of amides is 1. The zero-order chi connectivity index (χ0) is 25.2. The molecular weight excluding hydrogens is 457 g/mol. The predicted molar refractivity (Wildman–Crippen MR) is 128 cm³/mol. The van der Waals surface area contributed by atoms with Crippen LogP contribution < -0.4 is 4.72 Å². The Morgan fingerprint density at radius 2 is 1.91 bits per heavy atom. The number of pyridine rings is 1. The number of nitrogens with one attached hydrogen (secondary N) is 1. The fourth-order valence-corrected chi connectivity index (χ4v) is 4.77. The summed E-state index contributed by atoms with van der Waals surface area (Å²) in [5, 5.41) is 3.86. The lowest BCUT2D eigenvalue weighted by atomic mass is 9.88. The van der Waals surface area contributed by atoms with Crippen LogP contribution in [0.4, 0.5) is 4.39 Å². The Hall–Kier alpha value is -3.11. The molecule has 34 heavy (non-hydrogen) atoms. The molecule has 0 spiro atoms. The lowest BCUT2D eigenvalue weighted by Gasteiger charge is -2.19. The van der Waals surface area contributed by atoms with Crippen LogP contribution >= 0.6 is 0 Å². The fraction of sp³-hybridized carbons (Fsp3) is 0.375. The second-order valence-corrected chi connectivity index (χ2v) is 10.4. The van der Waals surface area contributed by atoms with Gasteiger partial charge in [0.2, 0.25) is 5.91 Å². The Kier molecular flexibility index (Phi) is 7.52. The molecule has 1 amide bonds. The van der Waals surface area contributed by atoms with Crippen molar-refractivity contribution < 1.29 is 17.6 Å². The van der Waals surface area contributed by atoms with Gasteiger partial charge in [-0.1, -0.05) is 19.9 Å². The molecule has 0 bridgehead atoms. The number of hydrogen-bond acceptors (Lipinski definition) is 6. The summed E-state index contributed by atoms with van der Waals surface area (Å²) in [7, 11) is 1.22. The summed E-state index contributed by atoms with van der Waals surface area (Å²) in [6.45, 7) is 5.70.